The van der Waals surface area contributed by atoms with E-state index < -0.39 is 5.97 Å². The van der Waals surface area contributed by atoms with Crippen LogP contribution in [-0.4, -0.2) is 17.0 Å². The second-order valence-electron chi connectivity index (χ2n) is 5.19. The van der Waals surface area contributed by atoms with E-state index in [4.69, 9.17) is 5.11 Å². The third-order valence-electron chi connectivity index (χ3n) is 3.56. The quantitative estimate of drug-likeness (QED) is 0.783. The first-order valence-electron chi connectivity index (χ1n) is 6.90. The zero-order valence-electron chi connectivity index (χ0n) is 11.3. The van der Waals surface area contributed by atoms with Gasteiger partial charge in [0.25, 0.3) is 0 Å². The van der Waals surface area contributed by atoms with Gasteiger partial charge < -0.3 is 10.4 Å². The van der Waals surface area contributed by atoms with E-state index in [1.165, 1.54) is 19.3 Å². The number of rotatable bonds is 6. The molecule has 2 N–H and O–H groups in total. The molecule has 0 bridgehead atoms. The van der Waals surface area contributed by atoms with Crippen LogP contribution in [0, 0.1) is 5.92 Å². The first-order valence-corrected chi connectivity index (χ1v) is 6.90. The molecule has 4 heteroatoms. The standard InChI is InChI=1S/C16H19NO3/c18-15(10-12-3-1-4-12)17-11-14-6-2-5-13(9-14)7-8-16(19)20/h2,5-9,12H,1,3-4,10-11H2,(H,17,18)(H,19,20)/b8-7+. The summed E-state index contributed by atoms with van der Waals surface area (Å²) < 4.78 is 0. The molecule has 0 unspecified atom stereocenters. The molecule has 0 radical (unpaired) electrons. The monoisotopic (exact) mass is 273 g/mol. The average molecular weight is 273 g/mol. The second-order valence-corrected chi connectivity index (χ2v) is 5.19. The molecule has 0 atom stereocenters. The van der Waals surface area contributed by atoms with Gasteiger partial charge in [-0.15, -0.1) is 0 Å². The van der Waals surface area contributed by atoms with E-state index in [9.17, 15) is 9.59 Å². The van der Waals surface area contributed by atoms with Crippen LogP contribution in [0.3, 0.4) is 0 Å². The molecule has 4 nitrogen and oxygen atoms in total. The molecule has 0 spiro atoms. The van der Waals surface area contributed by atoms with E-state index in [1.54, 1.807) is 6.08 Å². The molecule has 1 aliphatic rings. The van der Waals surface area contributed by atoms with Crippen molar-refractivity contribution < 1.29 is 14.7 Å². The highest BCUT2D eigenvalue weighted by molar-refractivity contribution is 5.85. The van der Waals surface area contributed by atoms with Crippen LogP contribution in [0.4, 0.5) is 0 Å². The maximum absolute atomic E-state index is 11.7. The summed E-state index contributed by atoms with van der Waals surface area (Å²) in [6.45, 7) is 0.486. The molecule has 1 aliphatic carbocycles. The lowest BCUT2D eigenvalue weighted by Crippen LogP contribution is -2.27. The minimum Gasteiger partial charge on any atom is -0.478 e. The van der Waals surface area contributed by atoms with Crippen LogP contribution < -0.4 is 5.32 Å². The Labute approximate surface area is 118 Å². The van der Waals surface area contributed by atoms with Gasteiger partial charge in [-0.25, -0.2) is 4.79 Å². The second kappa shape index (κ2) is 6.89. The SMILES string of the molecule is O=C(O)/C=C/c1cccc(CNC(=O)CC2CCC2)c1. The van der Waals surface area contributed by atoms with Crippen LogP contribution in [0.1, 0.15) is 36.8 Å². The van der Waals surface area contributed by atoms with Gasteiger partial charge in [0, 0.05) is 19.0 Å². The summed E-state index contributed by atoms with van der Waals surface area (Å²) >= 11 is 0. The summed E-state index contributed by atoms with van der Waals surface area (Å²) in [6.07, 6.45) is 6.86. The van der Waals surface area contributed by atoms with Gasteiger partial charge in [-0.3, -0.25) is 4.79 Å². The molecule has 106 valence electrons. The predicted molar refractivity (Wildman–Crippen MR) is 76.9 cm³/mol. The van der Waals surface area contributed by atoms with Crippen molar-refractivity contribution >= 4 is 18.0 Å². The topological polar surface area (TPSA) is 66.4 Å². The molecule has 2 rings (SSSR count). The first-order chi connectivity index (χ1) is 9.63. The fourth-order valence-electron chi connectivity index (χ4n) is 2.21. The molecule has 1 fully saturated rings. The molecule has 1 aromatic rings. The van der Waals surface area contributed by atoms with E-state index in [-0.39, 0.29) is 5.91 Å². The Morgan fingerprint density at radius 3 is 2.80 bits per heavy atom. The van der Waals surface area contributed by atoms with Gasteiger partial charge in [-0.2, -0.15) is 0 Å². The molecular weight excluding hydrogens is 254 g/mol. The van der Waals surface area contributed by atoms with Crippen molar-refractivity contribution in [3.05, 3.63) is 41.5 Å². The summed E-state index contributed by atoms with van der Waals surface area (Å²) in [6, 6.07) is 7.48. The Balaban J connectivity index is 1.84. The predicted octanol–water partition coefficient (Wildman–Crippen LogP) is 2.59. The molecule has 0 saturated heterocycles. The van der Waals surface area contributed by atoms with Gasteiger partial charge in [0.15, 0.2) is 0 Å². The van der Waals surface area contributed by atoms with Crippen molar-refractivity contribution in [1.29, 1.82) is 0 Å². The molecule has 0 aliphatic heterocycles. The normalized spacial score (nSPS) is 15.0. The zero-order valence-corrected chi connectivity index (χ0v) is 11.3. The minimum absolute atomic E-state index is 0.0983. The van der Waals surface area contributed by atoms with Crippen molar-refractivity contribution in [1.82, 2.24) is 5.32 Å². The average Bonchev–Trinajstić information content (AvgIpc) is 2.39. The van der Waals surface area contributed by atoms with Crippen molar-refractivity contribution in [2.45, 2.75) is 32.2 Å². The number of amides is 1. The lowest BCUT2D eigenvalue weighted by atomic mass is 9.83. The van der Waals surface area contributed by atoms with E-state index in [0.29, 0.717) is 18.9 Å². The van der Waals surface area contributed by atoms with Crippen LogP contribution in [0.5, 0.6) is 0 Å². The largest absolute Gasteiger partial charge is 0.478 e. The number of aliphatic carboxylic acids is 1. The highest BCUT2D eigenvalue weighted by Crippen LogP contribution is 2.29. The minimum atomic E-state index is -0.968. The fraction of sp³-hybridized carbons (Fsp3) is 0.375. The van der Waals surface area contributed by atoms with Gasteiger partial charge in [-0.1, -0.05) is 24.6 Å². The van der Waals surface area contributed by atoms with Crippen LogP contribution in [0.25, 0.3) is 6.08 Å². The Bertz CT molecular complexity index is 518. The third kappa shape index (κ3) is 4.53. The first kappa shape index (κ1) is 14.3. The molecule has 1 aromatic carbocycles. The molecule has 0 heterocycles. The summed E-state index contributed by atoms with van der Waals surface area (Å²) in [4.78, 5) is 22.2. The number of carboxylic acid groups (broad SMARTS) is 1. The highest BCUT2D eigenvalue weighted by Gasteiger charge is 2.20. The Morgan fingerprint density at radius 1 is 1.35 bits per heavy atom. The van der Waals surface area contributed by atoms with Crippen molar-refractivity contribution in [2.24, 2.45) is 5.92 Å². The molecule has 1 saturated carbocycles. The maximum Gasteiger partial charge on any atom is 0.328 e. The van der Waals surface area contributed by atoms with E-state index in [0.717, 1.165) is 17.2 Å². The number of nitrogens with one attached hydrogen (secondary N) is 1. The Hall–Kier alpha value is -2.10. The number of hydrogen-bond donors (Lipinski definition) is 2. The van der Waals surface area contributed by atoms with E-state index in [1.807, 2.05) is 24.3 Å². The number of hydrogen-bond acceptors (Lipinski definition) is 2. The Morgan fingerprint density at radius 2 is 2.15 bits per heavy atom. The van der Waals surface area contributed by atoms with Crippen molar-refractivity contribution in [2.75, 3.05) is 0 Å². The number of benzene rings is 1. The van der Waals surface area contributed by atoms with Crippen molar-refractivity contribution in [3.8, 4) is 0 Å². The summed E-state index contributed by atoms with van der Waals surface area (Å²) in [5.41, 5.74) is 1.79. The lowest BCUT2D eigenvalue weighted by Gasteiger charge is -2.24. The number of carbonyl (C=O) groups excluding carboxylic acids is 1. The van der Waals surface area contributed by atoms with Crippen LogP contribution in [0.2, 0.25) is 0 Å². The lowest BCUT2D eigenvalue weighted by molar-refractivity contribution is -0.131. The van der Waals surface area contributed by atoms with Crippen LogP contribution in [-0.2, 0) is 16.1 Å². The van der Waals surface area contributed by atoms with E-state index in [2.05, 4.69) is 5.32 Å². The van der Waals surface area contributed by atoms with Gasteiger partial charge in [0.1, 0.15) is 0 Å². The summed E-state index contributed by atoms with van der Waals surface area (Å²) in [5.74, 6) is -0.301. The Kier molecular flexibility index (Phi) is 4.93. The van der Waals surface area contributed by atoms with Crippen molar-refractivity contribution in [3.63, 3.8) is 0 Å². The zero-order chi connectivity index (χ0) is 14.4. The van der Waals surface area contributed by atoms with Gasteiger partial charge in [0.2, 0.25) is 5.91 Å². The summed E-state index contributed by atoms with van der Waals surface area (Å²) in [7, 11) is 0. The third-order valence-corrected chi connectivity index (χ3v) is 3.56. The molecular formula is C16H19NO3. The number of carboxylic acids is 1. The highest BCUT2D eigenvalue weighted by atomic mass is 16.4. The molecule has 20 heavy (non-hydrogen) atoms. The number of carbonyl (C=O) groups is 2. The van der Waals surface area contributed by atoms with Crippen LogP contribution >= 0.6 is 0 Å². The van der Waals surface area contributed by atoms with Gasteiger partial charge >= 0.3 is 5.97 Å². The fourth-order valence-corrected chi connectivity index (χ4v) is 2.21. The maximum atomic E-state index is 11.7. The smallest absolute Gasteiger partial charge is 0.328 e. The van der Waals surface area contributed by atoms with Gasteiger partial charge in [-0.05, 0) is 42.0 Å². The molecule has 0 aromatic heterocycles. The summed E-state index contributed by atoms with van der Waals surface area (Å²) in [5, 5.41) is 11.5. The van der Waals surface area contributed by atoms with Crippen LogP contribution in [0.15, 0.2) is 30.3 Å². The van der Waals surface area contributed by atoms with E-state index >= 15 is 0 Å². The van der Waals surface area contributed by atoms with Gasteiger partial charge in [0.05, 0.1) is 0 Å². The molecule has 1 amide bonds.